The van der Waals surface area contributed by atoms with Crippen LogP contribution >= 0.6 is 0 Å². The van der Waals surface area contributed by atoms with E-state index in [9.17, 15) is 14.4 Å². The Morgan fingerprint density at radius 2 is 1.38 bits per heavy atom. The first-order valence-electron chi connectivity index (χ1n) is 13.2. The van der Waals surface area contributed by atoms with Crippen LogP contribution in [0.25, 0.3) is 6.08 Å². The number of allylic oxidation sites excluding steroid dienone is 2. The van der Waals surface area contributed by atoms with Gasteiger partial charge in [0.2, 0.25) is 5.78 Å². The molecule has 2 aromatic rings. The maximum atomic E-state index is 13.5. The Morgan fingerprint density at radius 1 is 0.825 bits per heavy atom. The third-order valence-electron chi connectivity index (χ3n) is 6.13. The van der Waals surface area contributed by atoms with Crippen LogP contribution in [-0.2, 0) is 19.7 Å². The lowest BCUT2D eigenvalue weighted by molar-refractivity contribution is -0.143. The molecule has 40 heavy (non-hydrogen) atoms. The van der Waals surface area contributed by atoms with Gasteiger partial charge in [-0.05, 0) is 84.9 Å². The van der Waals surface area contributed by atoms with Gasteiger partial charge in [0.15, 0.2) is 5.76 Å². The predicted octanol–water partition coefficient (Wildman–Crippen LogP) is 7.32. The first kappa shape index (κ1) is 32.3. The molecule has 0 aliphatic rings. The number of carbonyl (C=O) groups excluding carboxylic acids is 3. The van der Waals surface area contributed by atoms with E-state index in [0.717, 1.165) is 0 Å². The van der Waals surface area contributed by atoms with Crippen molar-refractivity contribution in [3.63, 3.8) is 0 Å². The average Bonchev–Trinajstić information content (AvgIpc) is 2.87. The fourth-order valence-electron chi connectivity index (χ4n) is 3.40. The van der Waals surface area contributed by atoms with Gasteiger partial charge >= 0.3 is 11.9 Å². The van der Waals surface area contributed by atoms with E-state index in [2.05, 4.69) is 6.58 Å². The number of ketones is 1. The van der Waals surface area contributed by atoms with Crippen molar-refractivity contribution in [1.82, 2.24) is 0 Å². The van der Waals surface area contributed by atoms with E-state index in [1.54, 1.807) is 78.0 Å². The van der Waals surface area contributed by atoms with Crippen LogP contribution in [0.1, 0.15) is 83.8 Å². The van der Waals surface area contributed by atoms with Crippen LogP contribution in [0.2, 0.25) is 0 Å². The summed E-state index contributed by atoms with van der Waals surface area (Å²) in [6.07, 6.45) is 3.29. The second-order valence-corrected chi connectivity index (χ2v) is 12.1. The Labute approximate surface area is 238 Å². The van der Waals surface area contributed by atoms with E-state index in [1.165, 1.54) is 13.2 Å². The van der Waals surface area contributed by atoms with Crippen LogP contribution in [0.15, 0.2) is 54.8 Å². The van der Waals surface area contributed by atoms with E-state index < -0.39 is 28.0 Å². The highest BCUT2D eigenvalue weighted by atomic mass is 16.5. The summed E-state index contributed by atoms with van der Waals surface area (Å²) in [4.78, 5) is 38.8. The van der Waals surface area contributed by atoms with Gasteiger partial charge in [0.05, 0.1) is 30.1 Å². The molecule has 2 rings (SSSR count). The lowest BCUT2D eigenvalue weighted by Gasteiger charge is -2.27. The molecule has 0 saturated heterocycles. The van der Waals surface area contributed by atoms with Crippen LogP contribution in [0.3, 0.4) is 0 Å². The lowest BCUT2D eigenvalue weighted by Crippen LogP contribution is -2.27. The summed E-state index contributed by atoms with van der Waals surface area (Å²) < 4.78 is 22.8. The average molecular weight is 551 g/mol. The fourth-order valence-corrected chi connectivity index (χ4v) is 3.40. The van der Waals surface area contributed by atoms with Crippen molar-refractivity contribution in [1.29, 1.82) is 0 Å². The Bertz CT molecular complexity index is 1280. The second kappa shape index (κ2) is 12.5. The van der Waals surface area contributed by atoms with Crippen molar-refractivity contribution in [2.75, 3.05) is 13.7 Å². The quantitative estimate of drug-likeness (QED) is 0.0764. The summed E-state index contributed by atoms with van der Waals surface area (Å²) in [5.41, 5.74) is -0.607. The number of Topliss-reactive ketones (excluding diaryl/α,β-unsaturated/α-hetero) is 1. The minimum absolute atomic E-state index is 0.00186. The van der Waals surface area contributed by atoms with Gasteiger partial charge in [-0.1, -0.05) is 26.0 Å². The molecule has 0 spiro atoms. The molecule has 0 aliphatic heterocycles. The van der Waals surface area contributed by atoms with Crippen LogP contribution < -0.4 is 14.2 Å². The Balaban J connectivity index is 2.67. The molecular formula is C33H42O7. The summed E-state index contributed by atoms with van der Waals surface area (Å²) in [6, 6.07) is 9.84. The molecule has 7 heteroatoms. The van der Waals surface area contributed by atoms with Gasteiger partial charge in [-0.15, -0.1) is 6.58 Å². The number of hydrogen-bond acceptors (Lipinski definition) is 7. The summed E-state index contributed by atoms with van der Waals surface area (Å²) in [7, 11) is 1.39. The molecule has 0 atom stereocenters. The molecule has 0 N–H and O–H groups in total. The first-order chi connectivity index (χ1) is 18.5. The van der Waals surface area contributed by atoms with Gasteiger partial charge in [0, 0.05) is 16.5 Å². The van der Waals surface area contributed by atoms with Crippen LogP contribution in [0.5, 0.6) is 17.2 Å². The molecule has 0 saturated carbocycles. The monoisotopic (exact) mass is 550 g/mol. The topological polar surface area (TPSA) is 88.1 Å². The predicted molar refractivity (Wildman–Crippen MR) is 157 cm³/mol. The molecule has 2 aromatic carbocycles. The maximum absolute atomic E-state index is 13.5. The zero-order chi connectivity index (χ0) is 30.5. The Morgan fingerprint density at radius 3 is 1.85 bits per heavy atom. The van der Waals surface area contributed by atoms with E-state index in [-0.39, 0.29) is 17.5 Å². The zero-order valence-electron chi connectivity index (χ0n) is 25.4. The molecule has 0 heterocycles. The number of rotatable bonds is 10. The number of hydrogen-bond donors (Lipinski definition) is 0. The molecule has 216 valence electrons. The van der Waals surface area contributed by atoms with Crippen LogP contribution in [0, 0.1) is 10.8 Å². The Kier molecular flexibility index (Phi) is 10.1. The molecule has 0 aliphatic carbocycles. The summed E-state index contributed by atoms with van der Waals surface area (Å²) in [6.45, 7) is 20.6. The summed E-state index contributed by atoms with van der Waals surface area (Å²) in [5, 5.41) is 0. The molecule has 0 unspecified atom stereocenters. The molecule has 7 nitrogen and oxygen atoms in total. The van der Waals surface area contributed by atoms with Crippen molar-refractivity contribution >= 4 is 23.8 Å². The molecule has 0 bridgehead atoms. The van der Waals surface area contributed by atoms with Crippen LogP contribution in [0.4, 0.5) is 0 Å². The zero-order valence-corrected chi connectivity index (χ0v) is 25.4. The third-order valence-corrected chi connectivity index (χ3v) is 6.13. The van der Waals surface area contributed by atoms with E-state index in [4.69, 9.17) is 18.9 Å². The number of benzene rings is 2. The van der Waals surface area contributed by atoms with Crippen molar-refractivity contribution in [3.05, 3.63) is 71.5 Å². The van der Waals surface area contributed by atoms with E-state index in [1.807, 2.05) is 26.8 Å². The normalized spacial score (nSPS) is 12.4. The summed E-state index contributed by atoms with van der Waals surface area (Å²) >= 11 is 0. The van der Waals surface area contributed by atoms with Gasteiger partial charge in [-0.3, -0.25) is 14.4 Å². The standard InChI is InChI=1S/C33H42O7/c1-12-33(9,10)24-18-19-25(38-13-2)23(28(24)40-30(36)32(6,7)8)20-26(37-11)27(34)21-14-16-22(17-15-21)39-29(35)31(3,4)5/h12,14-20H,1,13H2,2-11H3. The minimum Gasteiger partial charge on any atom is -0.493 e. The van der Waals surface area contributed by atoms with Crippen LogP contribution in [-0.4, -0.2) is 31.4 Å². The molecular weight excluding hydrogens is 508 g/mol. The van der Waals surface area contributed by atoms with Crippen molar-refractivity contribution in [2.24, 2.45) is 10.8 Å². The van der Waals surface area contributed by atoms with Crippen molar-refractivity contribution in [3.8, 4) is 17.2 Å². The third kappa shape index (κ3) is 7.84. The molecule has 0 fully saturated rings. The van der Waals surface area contributed by atoms with E-state index >= 15 is 0 Å². The lowest BCUT2D eigenvalue weighted by atomic mass is 9.82. The van der Waals surface area contributed by atoms with E-state index in [0.29, 0.717) is 34.8 Å². The second-order valence-electron chi connectivity index (χ2n) is 12.1. The van der Waals surface area contributed by atoms with Gasteiger partial charge < -0.3 is 18.9 Å². The van der Waals surface area contributed by atoms with Crippen molar-refractivity contribution < 1.29 is 33.3 Å². The minimum atomic E-state index is -0.781. The van der Waals surface area contributed by atoms with Gasteiger partial charge in [0.25, 0.3) is 0 Å². The van der Waals surface area contributed by atoms with Crippen molar-refractivity contribution in [2.45, 2.75) is 67.7 Å². The summed E-state index contributed by atoms with van der Waals surface area (Å²) in [5.74, 6) is -0.220. The first-order valence-corrected chi connectivity index (χ1v) is 13.2. The highest BCUT2D eigenvalue weighted by Gasteiger charge is 2.31. The fraction of sp³-hybridized carbons (Fsp3) is 0.424. The van der Waals surface area contributed by atoms with Gasteiger partial charge in [-0.2, -0.15) is 0 Å². The SMILES string of the molecule is C=CC(C)(C)c1ccc(OCC)c(C=C(OC)C(=O)c2ccc(OC(=O)C(C)(C)C)cc2)c1OC(=O)C(C)(C)C. The smallest absolute Gasteiger partial charge is 0.316 e. The van der Waals surface area contributed by atoms with Gasteiger partial charge in [-0.25, -0.2) is 0 Å². The number of ether oxygens (including phenoxy) is 4. The molecule has 0 aromatic heterocycles. The highest BCUT2D eigenvalue weighted by Crippen LogP contribution is 2.42. The Hall–Kier alpha value is -3.87. The number of methoxy groups -OCH3 is 1. The molecule has 0 amide bonds. The number of esters is 2. The molecule has 0 radical (unpaired) electrons. The van der Waals surface area contributed by atoms with Gasteiger partial charge in [0.1, 0.15) is 17.2 Å². The number of carbonyl (C=O) groups is 3. The highest BCUT2D eigenvalue weighted by molar-refractivity contribution is 6.10. The largest absolute Gasteiger partial charge is 0.493 e. The maximum Gasteiger partial charge on any atom is 0.316 e.